The van der Waals surface area contributed by atoms with E-state index in [-0.39, 0.29) is 5.91 Å². The molecule has 0 spiro atoms. The van der Waals surface area contributed by atoms with E-state index >= 15 is 0 Å². The van der Waals surface area contributed by atoms with Crippen molar-refractivity contribution in [2.45, 2.75) is 27.2 Å². The molecule has 0 aliphatic carbocycles. The molecule has 0 atom stereocenters. The molecule has 104 valence electrons. The van der Waals surface area contributed by atoms with Crippen LogP contribution >= 0.6 is 0 Å². The second-order valence-corrected chi connectivity index (χ2v) is 4.58. The molecular weight excluding hydrogens is 252 g/mol. The summed E-state index contributed by atoms with van der Waals surface area (Å²) in [5.41, 5.74) is 6.08. The zero-order valence-electron chi connectivity index (χ0n) is 11.9. The molecule has 4 heteroatoms. The van der Waals surface area contributed by atoms with E-state index in [0.29, 0.717) is 11.3 Å². The van der Waals surface area contributed by atoms with Crippen molar-refractivity contribution in [2.24, 2.45) is 5.10 Å². The molecule has 0 radical (unpaired) electrons. The van der Waals surface area contributed by atoms with Crippen LogP contribution in [0.4, 0.5) is 0 Å². The van der Waals surface area contributed by atoms with Crippen LogP contribution in [0.15, 0.2) is 46.1 Å². The lowest BCUT2D eigenvalue weighted by molar-refractivity contribution is 0.0953. The summed E-state index contributed by atoms with van der Waals surface area (Å²) in [6, 6.07) is 9.78. The number of carbonyl (C=O) groups excluding carboxylic acids is 1. The third-order valence-corrected chi connectivity index (χ3v) is 3.21. The van der Waals surface area contributed by atoms with Crippen molar-refractivity contribution in [2.75, 3.05) is 0 Å². The minimum Gasteiger partial charge on any atom is -0.469 e. The van der Waals surface area contributed by atoms with Crippen molar-refractivity contribution in [1.29, 1.82) is 0 Å². The monoisotopic (exact) mass is 270 g/mol. The number of benzene rings is 1. The Hall–Kier alpha value is -2.36. The number of rotatable bonds is 4. The Morgan fingerprint density at radius 2 is 1.95 bits per heavy atom. The molecule has 1 aromatic heterocycles. The van der Waals surface area contributed by atoms with Crippen molar-refractivity contribution in [3.8, 4) is 0 Å². The lowest BCUT2D eigenvalue weighted by atomic mass is 10.1. The number of hydrogen-bond donors (Lipinski definition) is 1. The molecule has 2 aromatic rings. The number of nitrogens with one attached hydrogen (secondary N) is 1. The first-order valence-electron chi connectivity index (χ1n) is 6.60. The van der Waals surface area contributed by atoms with Crippen LogP contribution in [0.5, 0.6) is 0 Å². The highest BCUT2D eigenvalue weighted by atomic mass is 16.3. The number of amides is 1. The summed E-state index contributed by atoms with van der Waals surface area (Å²) in [5.74, 6) is 0.323. The van der Waals surface area contributed by atoms with Gasteiger partial charge in [0.15, 0.2) is 0 Å². The van der Waals surface area contributed by atoms with Crippen LogP contribution in [-0.4, -0.2) is 11.6 Å². The van der Waals surface area contributed by atoms with Crippen molar-refractivity contribution < 1.29 is 9.21 Å². The third-order valence-electron chi connectivity index (χ3n) is 3.21. The molecule has 0 aliphatic heterocycles. The SMILES string of the molecule is CCc1ccc(/C(C)=N/NC(=O)c2ccoc2C)cc1. The van der Waals surface area contributed by atoms with Gasteiger partial charge in [0.05, 0.1) is 17.5 Å². The summed E-state index contributed by atoms with van der Waals surface area (Å²) in [6.45, 7) is 5.72. The van der Waals surface area contributed by atoms with Gasteiger partial charge in [0.2, 0.25) is 0 Å². The van der Waals surface area contributed by atoms with Gasteiger partial charge in [-0.15, -0.1) is 0 Å². The van der Waals surface area contributed by atoms with Gasteiger partial charge < -0.3 is 4.42 Å². The molecular formula is C16H18N2O2. The molecule has 0 fully saturated rings. The molecule has 2 rings (SSSR count). The van der Waals surface area contributed by atoms with Gasteiger partial charge in [-0.2, -0.15) is 5.10 Å². The second-order valence-electron chi connectivity index (χ2n) is 4.58. The summed E-state index contributed by atoms with van der Waals surface area (Å²) >= 11 is 0. The largest absolute Gasteiger partial charge is 0.469 e. The lowest BCUT2D eigenvalue weighted by Gasteiger charge is -2.03. The van der Waals surface area contributed by atoms with Crippen LogP contribution in [0.25, 0.3) is 0 Å². The van der Waals surface area contributed by atoms with Gasteiger partial charge in [-0.1, -0.05) is 31.2 Å². The Labute approximate surface area is 118 Å². The maximum Gasteiger partial charge on any atom is 0.274 e. The fraction of sp³-hybridized carbons (Fsp3) is 0.250. The summed E-state index contributed by atoms with van der Waals surface area (Å²) in [6.07, 6.45) is 2.50. The molecule has 4 nitrogen and oxygen atoms in total. The highest BCUT2D eigenvalue weighted by Crippen LogP contribution is 2.09. The Balaban J connectivity index is 2.07. The van der Waals surface area contributed by atoms with Gasteiger partial charge in [0.1, 0.15) is 5.76 Å². The molecule has 1 amide bonds. The van der Waals surface area contributed by atoms with Crippen molar-refractivity contribution in [3.05, 3.63) is 59.0 Å². The summed E-state index contributed by atoms with van der Waals surface area (Å²) < 4.78 is 5.09. The number of hydrazone groups is 1. The normalized spacial score (nSPS) is 11.4. The van der Waals surface area contributed by atoms with Crippen molar-refractivity contribution >= 4 is 11.6 Å². The summed E-state index contributed by atoms with van der Waals surface area (Å²) in [4.78, 5) is 11.9. The molecule has 1 aromatic carbocycles. The Kier molecular flexibility index (Phi) is 4.35. The zero-order valence-corrected chi connectivity index (χ0v) is 11.9. The fourth-order valence-electron chi connectivity index (χ4n) is 1.86. The Morgan fingerprint density at radius 3 is 2.50 bits per heavy atom. The number of hydrogen-bond acceptors (Lipinski definition) is 3. The zero-order chi connectivity index (χ0) is 14.5. The van der Waals surface area contributed by atoms with E-state index in [9.17, 15) is 4.79 Å². The summed E-state index contributed by atoms with van der Waals surface area (Å²) in [5, 5.41) is 4.12. The highest BCUT2D eigenvalue weighted by molar-refractivity contribution is 6.01. The van der Waals surface area contributed by atoms with E-state index < -0.39 is 0 Å². The van der Waals surface area contributed by atoms with Crippen LogP contribution in [0.2, 0.25) is 0 Å². The van der Waals surface area contributed by atoms with E-state index in [1.165, 1.54) is 11.8 Å². The van der Waals surface area contributed by atoms with Gasteiger partial charge in [-0.05, 0) is 37.5 Å². The molecule has 0 saturated heterocycles. The van der Waals surface area contributed by atoms with Gasteiger partial charge in [-0.25, -0.2) is 5.43 Å². The number of aryl methyl sites for hydroxylation is 2. The van der Waals surface area contributed by atoms with Gasteiger partial charge in [0, 0.05) is 0 Å². The Bertz CT molecular complexity index is 624. The quantitative estimate of drug-likeness (QED) is 0.684. The first-order valence-corrected chi connectivity index (χ1v) is 6.60. The first-order chi connectivity index (χ1) is 9.61. The van der Waals surface area contributed by atoms with Gasteiger partial charge in [-0.3, -0.25) is 4.79 Å². The Morgan fingerprint density at radius 1 is 1.25 bits per heavy atom. The topological polar surface area (TPSA) is 54.6 Å². The minimum absolute atomic E-state index is 0.263. The molecule has 0 aliphatic rings. The smallest absolute Gasteiger partial charge is 0.274 e. The molecule has 1 N–H and O–H groups in total. The predicted molar refractivity (Wildman–Crippen MR) is 78.9 cm³/mol. The van der Waals surface area contributed by atoms with Crippen LogP contribution in [0, 0.1) is 6.92 Å². The standard InChI is InChI=1S/C16H18N2O2/c1-4-13-5-7-14(8-6-13)11(2)17-18-16(19)15-9-10-20-12(15)3/h5-10H,4H2,1-3H3,(H,18,19)/b17-11+. The van der Waals surface area contributed by atoms with Crippen LogP contribution in [0.1, 0.15) is 41.1 Å². The average Bonchev–Trinajstić information content (AvgIpc) is 2.90. The minimum atomic E-state index is -0.263. The van der Waals surface area contributed by atoms with Gasteiger partial charge >= 0.3 is 0 Å². The van der Waals surface area contributed by atoms with Crippen LogP contribution in [0.3, 0.4) is 0 Å². The third kappa shape index (κ3) is 3.15. The van der Waals surface area contributed by atoms with E-state index in [4.69, 9.17) is 4.42 Å². The molecule has 20 heavy (non-hydrogen) atoms. The fourth-order valence-corrected chi connectivity index (χ4v) is 1.86. The average molecular weight is 270 g/mol. The molecule has 0 bridgehead atoms. The van der Waals surface area contributed by atoms with Crippen LogP contribution in [-0.2, 0) is 6.42 Å². The second kappa shape index (κ2) is 6.19. The number of furan rings is 1. The van der Waals surface area contributed by atoms with Crippen LogP contribution < -0.4 is 5.43 Å². The highest BCUT2D eigenvalue weighted by Gasteiger charge is 2.10. The van der Waals surface area contributed by atoms with Crippen molar-refractivity contribution in [1.82, 2.24) is 5.43 Å². The predicted octanol–water partition coefficient (Wildman–Crippen LogP) is 3.30. The first kappa shape index (κ1) is 14.1. The summed E-state index contributed by atoms with van der Waals surface area (Å²) in [7, 11) is 0. The van der Waals surface area contributed by atoms with Crippen molar-refractivity contribution in [3.63, 3.8) is 0 Å². The molecule has 1 heterocycles. The van der Waals surface area contributed by atoms with E-state index in [1.807, 2.05) is 19.1 Å². The lowest BCUT2D eigenvalue weighted by Crippen LogP contribution is -2.19. The molecule has 0 unspecified atom stereocenters. The van der Waals surface area contributed by atoms with E-state index in [2.05, 4.69) is 29.6 Å². The van der Waals surface area contributed by atoms with E-state index in [1.54, 1.807) is 13.0 Å². The molecule has 0 saturated carbocycles. The van der Waals surface area contributed by atoms with E-state index in [0.717, 1.165) is 17.7 Å². The maximum absolute atomic E-state index is 11.9. The number of carbonyl (C=O) groups is 1. The number of nitrogens with zero attached hydrogens (tertiary/aromatic N) is 1. The van der Waals surface area contributed by atoms with Gasteiger partial charge in [0.25, 0.3) is 5.91 Å². The maximum atomic E-state index is 11.9.